The number of benzene rings is 1. The Morgan fingerprint density at radius 3 is 2.54 bits per heavy atom. The Kier molecular flexibility index (Phi) is 7.37. The number of aromatic nitrogens is 2. The van der Waals surface area contributed by atoms with E-state index in [1.807, 2.05) is 55.8 Å². The summed E-state index contributed by atoms with van der Waals surface area (Å²) < 4.78 is 32.6. The monoisotopic (exact) mass is 379 g/mol. The highest BCUT2D eigenvalue weighted by atomic mass is 32.2. The van der Waals surface area contributed by atoms with Gasteiger partial charge in [0.25, 0.3) is 0 Å². The predicted octanol–water partition coefficient (Wildman–Crippen LogP) is 2.44. The van der Waals surface area contributed by atoms with Gasteiger partial charge in [0, 0.05) is 20.2 Å². The first-order valence-electron chi connectivity index (χ1n) is 8.82. The number of nitrogens with zero attached hydrogens (tertiary/aromatic N) is 3. The fourth-order valence-electron chi connectivity index (χ4n) is 2.82. The van der Waals surface area contributed by atoms with Gasteiger partial charge in [-0.15, -0.1) is 0 Å². The van der Waals surface area contributed by atoms with Crippen LogP contribution >= 0.6 is 0 Å². The van der Waals surface area contributed by atoms with E-state index < -0.39 is 9.84 Å². The van der Waals surface area contributed by atoms with E-state index in [-0.39, 0.29) is 16.8 Å². The summed E-state index contributed by atoms with van der Waals surface area (Å²) in [5.41, 5.74) is 1.93. The van der Waals surface area contributed by atoms with Crippen molar-refractivity contribution < 1.29 is 13.2 Å². The molecule has 0 spiro atoms. The van der Waals surface area contributed by atoms with E-state index in [9.17, 15) is 8.42 Å². The van der Waals surface area contributed by atoms with Crippen molar-refractivity contribution in [2.45, 2.75) is 32.1 Å². The van der Waals surface area contributed by atoms with Gasteiger partial charge in [0.1, 0.15) is 0 Å². The Labute approximate surface area is 156 Å². The van der Waals surface area contributed by atoms with Crippen molar-refractivity contribution in [2.75, 3.05) is 33.1 Å². The van der Waals surface area contributed by atoms with Crippen molar-refractivity contribution in [2.24, 2.45) is 5.92 Å². The van der Waals surface area contributed by atoms with Gasteiger partial charge in [-0.25, -0.2) is 13.4 Å². The Bertz CT molecular complexity index is 786. The maximum absolute atomic E-state index is 12.8. The number of methoxy groups -OCH3 is 1. The van der Waals surface area contributed by atoms with E-state index in [2.05, 4.69) is 9.88 Å². The molecule has 0 aliphatic carbocycles. The normalized spacial score (nSPS) is 12.2. The molecule has 0 bridgehead atoms. The minimum atomic E-state index is -3.43. The molecule has 0 saturated heterocycles. The molecule has 0 fully saturated rings. The molecule has 2 aromatic rings. The van der Waals surface area contributed by atoms with Crippen LogP contribution in [0.3, 0.4) is 0 Å². The lowest BCUT2D eigenvalue weighted by Crippen LogP contribution is -2.25. The van der Waals surface area contributed by atoms with Crippen molar-refractivity contribution in [3.05, 3.63) is 47.8 Å². The van der Waals surface area contributed by atoms with Gasteiger partial charge in [0.2, 0.25) is 15.0 Å². The third-order valence-electron chi connectivity index (χ3n) is 4.03. The molecule has 0 radical (unpaired) electrons. The van der Waals surface area contributed by atoms with Gasteiger partial charge >= 0.3 is 0 Å². The summed E-state index contributed by atoms with van der Waals surface area (Å²) in [5.74, 6) is 0.146. The molecule has 2 rings (SSSR count). The van der Waals surface area contributed by atoms with Crippen LogP contribution in [0.2, 0.25) is 0 Å². The minimum absolute atomic E-state index is 0.0506. The molecule has 0 atom stereocenters. The molecule has 1 heterocycles. The van der Waals surface area contributed by atoms with Gasteiger partial charge in [-0.3, -0.25) is 4.90 Å². The van der Waals surface area contributed by atoms with Crippen LogP contribution in [0.4, 0.5) is 0 Å². The molecular formula is C19H29N3O3S. The second kappa shape index (κ2) is 9.30. The van der Waals surface area contributed by atoms with Crippen molar-refractivity contribution >= 4 is 9.84 Å². The van der Waals surface area contributed by atoms with E-state index in [4.69, 9.17) is 4.74 Å². The molecule has 1 aromatic heterocycles. The van der Waals surface area contributed by atoms with Gasteiger partial charge in [0.15, 0.2) is 0 Å². The molecule has 0 aliphatic rings. The van der Waals surface area contributed by atoms with Crippen LogP contribution in [0.15, 0.2) is 41.7 Å². The van der Waals surface area contributed by atoms with Gasteiger partial charge in [-0.2, -0.15) is 0 Å². The molecular weight excluding hydrogens is 350 g/mol. The molecule has 0 aliphatic heterocycles. The first-order chi connectivity index (χ1) is 12.3. The van der Waals surface area contributed by atoms with Crippen LogP contribution in [0, 0.1) is 5.92 Å². The number of ether oxygens (including phenoxy) is 1. The summed E-state index contributed by atoms with van der Waals surface area (Å²) >= 11 is 0. The zero-order valence-corrected chi connectivity index (χ0v) is 16.9. The van der Waals surface area contributed by atoms with E-state index in [0.29, 0.717) is 19.7 Å². The van der Waals surface area contributed by atoms with Crippen LogP contribution in [0.25, 0.3) is 0 Å². The highest BCUT2D eigenvalue weighted by Crippen LogP contribution is 2.19. The Hall–Kier alpha value is -1.70. The Balaban J connectivity index is 2.36. The predicted molar refractivity (Wildman–Crippen MR) is 103 cm³/mol. The molecule has 7 heteroatoms. The van der Waals surface area contributed by atoms with Crippen molar-refractivity contribution in [3.8, 4) is 0 Å². The summed E-state index contributed by atoms with van der Waals surface area (Å²) in [6.07, 6.45) is 1.68. The lowest BCUT2D eigenvalue weighted by Gasteiger charge is -2.18. The van der Waals surface area contributed by atoms with Crippen LogP contribution in [0.1, 0.15) is 25.1 Å². The standard InChI is InChI=1S/C19H29N3O3S/c1-16(2)15-26(23,24)19-20-12-18(14-21(3)10-11-25-4)22(19)13-17-8-6-5-7-9-17/h5-9,12,16H,10-11,13-15H2,1-4H3. The quantitative estimate of drug-likeness (QED) is 0.634. The van der Waals surface area contributed by atoms with Crippen LogP contribution in [-0.2, 0) is 27.7 Å². The zero-order valence-electron chi connectivity index (χ0n) is 16.1. The topological polar surface area (TPSA) is 64.4 Å². The number of hydrogen-bond donors (Lipinski definition) is 0. The molecule has 1 aromatic carbocycles. The van der Waals surface area contributed by atoms with Crippen LogP contribution in [0.5, 0.6) is 0 Å². The number of imidazole rings is 1. The highest BCUT2D eigenvalue weighted by Gasteiger charge is 2.25. The number of likely N-dealkylation sites (N-methyl/N-ethyl adjacent to an activating group) is 1. The van der Waals surface area contributed by atoms with Crippen molar-refractivity contribution in [3.63, 3.8) is 0 Å². The van der Waals surface area contributed by atoms with Gasteiger partial charge < -0.3 is 9.30 Å². The molecule has 0 unspecified atom stereocenters. The maximum Gasteiger partial charge on any atom is 0.228 e. The third-order valence-corrected chi connectivity index (χ3v) is 6.01. The van der Waals surface area contributed by atoms with Gasteiger partial charge in [-0.05, 0) is 18.5 Å². The fraction of sp³-hybridized carbons (Fsp3) is 0.526. The summed E-state index contributed by atoms with van der Waals surface area (Å²) in [6, 6.07) is 9.86. The van der Waals surface area contributed by atoms with Crippen molar-refractivity contribution in [1.29, 1.82) is 0 Å². The second-order valence-corrected chi connectivity index (χ2v) is 8.94. The first-order valence-corrected chi connectivity index (χ1v) is 10.5. The van der Waals surface area contributed by atoms with Crippen LogP contribution < -0.4 is 0 Å². The summed E-state index contributed by atoms with van der Waals surface area (Å²) in [5, 5.41) is 0.158. The smallest absolute Gasteiger partial charge is 0.228 e. The largest absolute Gasteiger partial charge is 0.383 e. The third kappa shape index (κ3) is 5.65. The number of rotatable bonds is 10. The van der Waals surface area contributed by atoms with Gasteiger partial charge in [-0.1, -0.05) is 44.2 Å². The summed E-state index contributed by atoms with van der Waals surface area (Å²) in [6.45, 7) is 6.30. The van der Waals surface area contributed by atoms with E-state index in [1.54, 1.807) is 13.3 Å². The number of sulfone groups is 1. The molecule has 26 heavy (non-hydrogen) atoms. The average Bonchev–Trinajstić information content (AvgIpc) is 2.96. The highest BCUT2D eigenvalue weighted by molar-refractivity contribution is 7.91. The lowest BCUT2D eigenvalue weighted by molar-refractivity contribution is 0.157. The zero-order chi connectivity index (χ0) is 19.2. The lowest BCUT2D eigenvalue weighted by atomic mass is 10.2. The average molecular weight is 380 g/mol. The second-order valence-electron chi connectivity index (χ2n) is 7.01. The Morgan fingerprint density at radius 1 is 1.23 bits per heavy atom. The maximum atomic E-state index is 12.8. The Morgan fingerprint density at radius 2 is 1.92 bits per heavy atom. The van der Waals surface area contributed by atoms with Crippen molar-refractivity contribution in [1.82, 2.24) is 14.5 Å². The summed E-state index contributed by atoms with van der Waals surface area (Å²) in [7, 11) is 0.224. The van der Waals surface area contributed by atoms with E-state index in [0.717, 1.165) is 17.8 Å². The first kappa shape index (κ1) is 20.6. The fourth-order valence-corrected chi connectivity index (χ4v) is 4.58. The van der Waals surface area contributed by atoms with E-state index in [1.165, 1.54) is 0 Å². The minimum Gasteiger partial charge on any atom is -0.383 e. The molecule has 6 nitrogen and oxygen atoms in total. The molecule has 0 amide bonds. The molecule has 144 valence electrons. The molecule has 0 N–H and O–H groups in total. The summed E-state index contributed by atoms with van der Waals surface area (Å²) in [4.78, 5) is 6.39. The van der Waals surface area contributed by atoms with Gasteiger partial charge in [0.05, 0.1) is 30.8 Å². The van der Waals surface area contributed by atoms with Crippen LogP contribution in [-0.4, -0.2) is 55.9 Å². The van der Waals surface area contributed by atoms with E-state index >= 15 is 0 Å². The number of hydrogen-bond acceptors (Lipinski definition) is 5. The SMILES string of the molecule is COCCN(C)Cc1cnc(S(=O)(=O)CC(C)C)n1Cc1ccccc1. The molecule has 0 saturated carbocycles.